The Hall–Kier alpha value is -2.74. The smallest absolute Gasteiger partial charge is 0.328 e. The van der Waals surface area contributed by atoms with Gasteiger partial charge in [-0.25, -0.2) is 4.79 Å². The van der Waals surface area contributed by atoms with Gasteiger partial charge >= 0.3 is 5.69 Å². The van der Waals surface area contributed by atoms with Gasteiger partial charge in [0.25, 0.3) is 0 Å². The van der Waals surface area contributed by atoms with E-state index in [1.807, 2.05) is 41.6 Å². The molecule has 2 heterocycles. The maximum absolute atomic E-state index is 13.1. The van der Waals surface area contributed by atoms with Gasteiger partial charge in [0.05, 0.1) is 17.6 Å². The lowest BCUT2D eigenvalue weighted by atomic mass is 9.81. The Morgan fingerprint density at radius 3 is 2.35 bits per heavy atom. The Kier molecular flexibility index (Phi) is 7.66. The summed E-state index contributed by atoms with van der Waals surface area (Å²) in [5, 5.41) is 0. The van der Waals surface area contributed by atoms with E-state index in [1.165, 1.54) is 0 Å². The quantitative estimate of drug-likeness (QED) is 0.555. The predicted octanol–water partition coefficient (Wildman–Crippen LogP) is 2.85. The monoisotopic (exact) mass is 470 g/mol. The summed E-state index contributed by atoms with van der Waals surface area (Å²) in [5.74, 6) is 1.55. The average molecular weight is 471 g/mol. The first kappa shape index (κ1) is 24.4. The van der Waals surface area contributed by atoms with Crippen LogP contribution in [0.15, 0.2) is 35.3 Å². The van der Waals surface area contributed by atoms with E-state index < -0.39 is 0 Å². The molecule has 4 rings (SSSR count). The Bertz CT molecular complexity index is 1070. The van der Waals surface area contributed by atoms with Crippen LogP contribution in [0.4, 0.5) is 0 Å². The molecular formula is C26H38N4O4. The van der Waals surface area contributed by atoms with E-state index in [4.69, 9.17) is 9.47 Å². The van der Waals surface area contributed by atoms with E-state index in [2.05, 4.69) is 11.5 Å². The van der Waals surface area contributed by atoms with Crippen molar-refractivity contribution in [3.63, 3.8) is 0 Å². The molecule has 0 unspecified atom stereocenters. The van der Waals surface area contributed by atoms with Crippen molar-refractivity contribution in [3.8, 4) is 5.75 Å². The molecule has 1 aliphatic heterocycles. The Morgan fingerprint density at radius 1 is 1.03 bits per heavy atom. The lowest BCUT2D eigenvalue weighted by Gasteiger charge is -2.39. The van der Waals surface area contributed by atoms with Crippen LogP contribution < -0.4 is 10.4 Å². The number of amides is 1. The van der Waals surface area contributed by atoms with E-state index in [1.54, 1.807) is 11.7 Å². The Labute approximate surface area is 201 Å². The van der Waals surface area contributed by atoms with E-state index >= 15 is 0 Å². The maximum Gasteiger partial charge on any atom is 0.328 e. The van der Waals surface area contributed by atoms with Gasteiger partial charge in [-0.05, 0) is 50.7 Å². The molecule has 2 fully saturated rings. The summed E-state index contributed by atoms with van der Waals surface area (Å²) in [6.45, 7) is 11.0. The number of hydrogen-bond acceptors (Lipinski definition) is 5. The second kappa shape index (κ2) is 10.7. The number of aryl methyl sites for hydroxylation is 1. The summed E-state index contributed by atoms with van der Waals surface area (Å²) in [4.78, 5) is 30.3. The van der Waals surface area contributed by atoms with E-state index in [-0.39, 0.29) is 11.6 Å². The molecule has 8 heteroatoms. The average Bonchev–Trinajstić information content (AvgIpc) is 3.08. The molecule has 34 heavy (non-hydrogen) atoms. The van der Waals surface area contributed by atoms with Gasteiger partial charge < -0.3 is 19.3 Å². The molecule has 2 aromatic rings. The van der Waals surface area contributed by atoms with Crippen molar-refractivity contribution in [3.05, 3.63) is 41.0 Å². The Morgan fingerprint density at radius 2 is 1.71 bits per heavy atom. The number of aromatic nitrogens is 2. The highest BCUT2D eigenvalue weighted by atomic mass is 16.5. The largest absolute Gasteiger partial charge is 0.491 e. The van der Waals surface area contributed by atoms with Crippen LogP contribution in [-0.4, -0.2) is 71.3 Å². The number of rotatable bonds is 8. The fourth-order valence-corrected chi connectivity index (χ4v) is 5.32. The molecule has 1 amide bonds. The van der Waals surface area contributed by atoms with Gasteiger partial charge in [0.15, 0.2) is 0 Å². The molecule has 0 bridgehead atoms. The molecule has 186 valence electrons. The first-order valence-electron chi connectivity index (χ1n) is 12.4. The number of ether oxygens (including phenoxy) is 2. The third kappa shape index (κ3) is 5.17. The fraction of sp³-hybridized carbons (Fsp3) is 0.615. The van der Waals surface area contributed by atoms with Crippen LogP contribution in [0.25, 0.3) is 11.0 Å². The number of carbonyl (C=O) groups excluding carboxylic acids is 1. The fourth-order valence-electron chi connectivity index (χ4n) is 5.32. The highest BCUT2D eigenvalue weighted by Gasteiger charge is 2.31. The number of allylic oxidation sites excluding steroid dienone is 1. The van der Waals surface area contributed by atoms with Crippen molar-refractivity contribution in [2.45, 2.75) is 39.2 Å². The zero-order valence-corrected chi connectivity index (χ0v) is 20.8. The molecule has 0 atom stereocenters. The van der Waals surface area contributed by atoms with Gasteiger partial charge in [-0.15, -0.1) is 0 Å². The topological polar surface area (TPSA) is 68.9 Å². The van der Waals surface area contributed by atoms with Crippen LogP contribution in [-0.2, 0) is 23.1 Å². The summed E-state index contributed by atoms with van der Waals surface area (Å²) < 4.78 is 14.4. The summed E-state index contributed by atoms with van der Waals surface area (Å²) in [7, 11) is 3.46. The number of fused-ring (bicyclic) bond motifs is 1. The lowest BCUT2D eigenvalue weighted by molar-refractivity contribution is -0.138. The molecule has 0 N–H and O–H groups in total. The minimum atomic E-state index is -0.00220. The number of methoxy groups -OCH3 is 1. The van der Waals surface area contributed by atoms with E-state index in [9.17, 15) is 9.59 Å². The minimum absolute atomic E-state index is 0.00220. The zero-order valence-electron chi connectivity index (χ0n) is 20.8. The molecule has 1 saturated heterocycles. The first-order chi connectivity index (χ1) is 16.4. The van der Waals surface area contributed by atoms with Crippen molar-refractivity contribution in [2.24, 2.45) is 18.9 Å². The number of benzene rings is 1. The van der Waals surface area contributed by atoms with Crippen molar-refractivity contribution >= 4 is 16.9 Å². The summed E-state index contributed by atoms with van der Waals surface area (Å²) >= 11 is 0. The van der Waals surface area contributed by atoms with Gasteiger partial charge in [-0.3, -0.25) is 13.9 Å². The summed E-state index contributed by atoms with van der Waals surface area (Å²) in [6, 6.07) is 5.79. The highest BCUT2D eigenvalue weighted by molar-refractivity contribution is 5.79. The molecule has 0 spiro atoms. The van der Waals surface area contributed by atoms with Crippen LogP contribution in [0.2, 0.25) is 0 Å². The molecular weight excluding hydrogens is 432 g/mol. The van der Waals surface area contributed by atoms with Crippen molar-refractivity contribution in [2.75, 3.05) is 46.5 Å². The first-order valence-corrected chi connectivity index (χ1v) is 12.4. The molecule has 2 aliphatic rings. The van der Waals surface area contributed by atoms with Gasteiger partial charge in [0.2, 0.25) is 5.91 Å². The molecule has 1 saturated carbocycles. The number of imidazole rings is 1. The van der Waals surface area contributed by atoms with Gasteiger partial charge in [0, 0.05) is 64.6 Å². The van der Waals surface area contributed by atoms with Crippen LogP contribution in [0.3, 0.4) is 0 Å². The van der Waals surface area contributed by atoms with Gasteiger partial charge in [-0.1, -0.05) is 6.58 Å². The second-order valence-corrected chi connectivity index (χ2v) is 9.71. The lowest BCUT2D eigenvalue weighted by Crippen LogP contribution is -2.50. The SMILES string of the molecule is C=C(C)N1CCN(C(=O)C2CCC(Cn3c(=O)n(C)c4ccc(OCCOC)cc43)CC2)CC1. The normalized spacial score (nSPS) is 21.1. The van der Waals surface area contributed by atoms with Crippen LogP contribution in [0, 0.1) is 11.8 Å². The van der Waals surface area contributed by atoms with Crippen LogP contribution >= 0.6 is 0 Å². The number of carbonyl (C=O) groups is 1. The van der Waals surface area contributed by atoms with Crippen molar-refractivity contribution in [1.29, 1.82) is 0 Å². The third-order valence-corrected chi connectivity index (χ3v) is 7.44. The van der Waals surface area contributed by atoms with Crippen molar-refractivity contribution in [1.82, 2.24) is 18.9 Å². The number of hydrogen-bond donors (Lipinski definition) is 0. The van der Waals surface area contributed by atoms with Crippen LogP contribution in [0.1, 0.15) is 32.6 Å². The minimum Gasteiger partial charge on any atom is -0.491 e. The zero-order chi connectivity index (χ0) is 24.2. The maximum atomic E-state index is 13.1. The number of nitrogens with zero attached hydrogens (tertiary/aromatic N) is 4. The second-order valence-electron chi connectivity index (χ2n) is 9.71. The predicted molar refractivity (Wildman–Crippen MR) is 133 cm³/mol. The third-order valence-electron chi connectivity index (χ3n) is 7.44. The molecule has 0 radical (unpaired) electrons. The Balaban J connectivity index is 1.37. The highest BCUT2D eigenvalue weighted by Crippen LogP contribution is 2.32. The summed E-state index contributed by atoms with van der Waals surface area (Å²) in [6.07, 6.45) is 3.73. The standard InChI is InChI=1S/C26H38N4O4/c1-19(2)28-11-13-29(14-12-28)25(31)21-7-5-20(6-8-21)18-30-24-17-22(34-16-15-33-4)9-10-23(24)27(3)26(30)32/h9-10,17,20-21H,1,5-8,11-16,18H2,2-4H3. The van der Waals surface area contributed by atoms with Gasteiger partial charge in [-0.2, -0.15) is 0 Å². The van der Waals surface area contributed by atoms with Crippen LogP contribution in [0.5, 0.6) is 5.75 Å². The van der Waals surface area contributed by atoms with E-state index in [0.717, 1.165) is 74.3 Å². The van der Waals surface area contributed by atoms with E-state index in [0.29, 0.717) is 31.6 Å². The molecule has 1 aromatic carbocycles. The molecule has 1 aliphatic carbocycles. The number of piperazine rings is 1. The summed E-state index contributed by atoms with van der Waals surface area (Å²) in [5.41, 5.74) is 2.88. The van der Waals surface area contributed by atoms with Gasteiger partial charge in [0.1, 0.15) is 12.4 Å². The molecule has 8 nitrogen and oxygen atoms in total. The molecule has 1 aromatic heterocycles. The van der Waals surface area contributed by atoms with Crippen molar-refractivity contribution < 1.29 is 14.3 Å².